The van der Waals surface area contributed by atoms with Crippen LogP contribution in [0.3, 0.4) is 0 Å². The molecule has 0 unspecified atom stereocenters. The Morgan fingerprint density at radius 2 is 1.69 bits per heavy atom. The maximum Gasteiger partial charge on any atom is 0.255 e. The molecule has 0 bridgehead atoms. The molecule has 2 aromatic carbocycles. The zero-order valence-corrected chi connectivity index (χ0v) is 15.3. The number of ether oxygens (including phenoxy) is 2. The van der Waals surface area contributed by atoms with Crippen LogP contribution in [0, 0.1) is 0 Å². The highest BCUT2D eigenvalue weighted by atomic mass is 16.5. The second-order valence-corrected chi connectivity index (χ2v) is 5.61. The minimum atomic E-state index is -0.245. The summed E-state index contributed by atoms with van der Waals surface area (Å²) in [5.41, 5.74) is 2.56. The zero-order valence-electron chi connectivity index (χ0n) is 15.3. The largest absolute Gasteiger partial charge is 0.494 e. The Balaban J connectivity index is 2.17. The number of nitrogens with one attached hydrogen (secondary N) is 2. The lowest BCUT2D eigenvalue weighted by atomic mass is 10.1. The highest BCUT2D eigenvalue weighted by Crippen LogP contribution is 2.23. The molecular weight excluding hydrogens is 332 g/mol. The predicted molar refractivity (Wildman–Crippen MR) is 102 cm³/mol. The number of hydrogen-bond donors (Lipinski definition) is 2. The molecule has 0 aliphatic carbocycles. The molecule has 0 radical (unpaired) electrons. The van der Waals surface area contributed by atoms with Gasteiger partial charge in [0.05, 0.1) is 13.2 Å². The van der Waals surface area contributed by atoms with Gasteiger partial charge in [-0.05, 0) is 50.2 Å². The number of amides is 2. The average molecular weight is 356 g/mol. The molecule has 138 valence electrons. The third-order valence-electron chi connectivity index (χ3n) is 3.53. The Kier molecular flexibility index (Phi) is 7.17. The lowest BCUT2D eigenvalue weighted by Gasteiger charge is -2.13. The van der Waals surface area contributed by atoms with Crippen LogP contribution < -0.4 is 15.4 Å². The first-order valence-corrected chi connectivity index (χ1v) is 8.56. The van der Waals surface area contributed by atoms with Crippen LogP contribution in [0.25, 0.3) is 0 Å². The van der Waals surface area contributed by atoms with E-state index in [2.05, 4.69) is 10.6 Å². The fourth-order valence-electron chi connectivity index (χ4n) is 2.42. The van der Waals surface area contributed by atoms with E-state index in [-0.39, 0.29) is 11.8 Å². The standard InChI is InChI=1S/C20H24N2O4/c1-4-25-13-16-11-15(9-10-19(16)26-5-2)20(24)22-18-8-6-7-17(12-18)21-14(3)23/h6-12H,4-5,13H2,1-3H3,(H,21,23)(H,22,24). The summed E-state index contributed by atoms with van der Waals surface area (Å²) in [6.07, 6.45) is 0. The third kappa shape index (κ3) is 5.60. The quantitative estimate of drug-likeness (QED) is 0.753. The van der Waals surface area contributed by atoms with Gasteiger partial charge in [0.15, 0.2) is 0 Å². The van der Waals surface area contributed by atoms with Crippen molar-refractivity contribution in [2.75, 3.05) is 23.8 Å². The van der Waals surface area contributed by atoms with Crippen LogP contribution >= 0.6 is 0 Å². The van der Waals surface area contributed by atoms with Crippen LogP contribution in [0.5, 0.6) is 5.75 Å². The normalized spacial score (nSPS) is 10.3. The van der Waals surface area contributed by atoms with Crippen LogP contribution in [0.1, 0.15) is 36.7 Å². The van der Waals surface area contributed by atoms with Crippen molar-refractivity contribution in [3.63, 3.8) is 0 Å². The number of rotatable bonds is 8. The van der Waals surface area contributed by atoms with Crippen LogP contribution in [0.2, 0.25) is 0 Å². The molecule has 2 aromatic rings. The van der Waals surface area contributed by atoms with Gasteiger partial charge in [0.25, 0.3) is 5.91 Å². The zero-order chi connectivity index (χ0) is 18.9. The molecule has 0 spiro atoms. The average Bonchev–Trinajstić information content (AvgIpc) is 2.60. The minimum Gasteiger partial charge on any atom is -0.494 e. The van der Waals surface area contributed by atoms with Gasteiger partial charge in [-0.25, -0.2) is 0 Å². The summed E-state index contributed by atoms with van der Waals surface area (Å²) in [6.45, 7) is 6.76. The number of hydrogen-bond acceptors (Lipinski definition) is 4. The molecule has 2 N–H and O–H groups in total. The van der Waals surface area contributed by atoms with Gasteiger partial charge in [0.1, 0.15) is 5.75 Å². The van der Waals surface area contributed by atoms with Crippen molar-refractivity contribution in [1.29, 1.82) is 0 Å². The number of carbonyl (C=O) groups is 2. The number of carbonyl (C=O) groups excluding carboxylic acids is 2. The lowest BCUT2D eigenvalue weighted by molar-refractivity contribution is -0.114. The minimum absolute atomic E-state index is 0.166. The van der Waals surface area contributed by atoms with Crippen LogP contribution in [-0.2, 0) is 16.1 Å². The molecule has 0 heterocycles. The van der Waals surface area contributed by atoms with Gasteiger partial charge in [-0.2, -0.15) is 0 Å². The van der Waals surface area contributed by atoms with E-state index < -0.39 is 0 Å². The Hall–Kier alpha value is -2.86. The summed E-state index contributed by atoms with van der Waals surface area (Å²) in [5, 5.41) is 5.52. The monoisotopic (exact) mass is 356 g/mol. The summed E-state index contributed by atoms with van der Waals surface area (Å²) in [6, 6.07) is 12.3. The van der Waals surface area contributed by atoms with E-state index in [4.69, 9.17) is 9.47 Å². The molecule has 0 atom stereocenters. The van der Waals surface area contributed by atoms with Crippen molar-refractivity contribution < 1.29 is 19.1 Å². The first-order chi connectivity index (χ1) is 12.5. The smallest absolute Gasteiger partial charge is 0.255 e. The second kappa shape index (κ2) is 9.58. The number of benzene rings is 2. The van der Waals surface area contributed by atoms with Crippen molar-refractivity contribution in [3.05, 3.63) is 53.6 Å². The van der Waals surface area contributed by atoms with Gasteiger partial charge in [0.2, 0.25) is 5.91 Å². The molecule has 0 saturated carbocycles. The van der Waals surface area contributed by atoms with Gasteiger partial charge in [0, 0.05) is 36.0 Å². The Labute approximate surface area is 153 Å². The molecule has 6 nitrogen and oxygen atoms in total. The van der Waals surface area contributed by atoms with Crippen LogP contribution in [0.4, 0.5) is 11.4 Å². The molecule has 0 fully saturated rings. The summed E-state index contributed by atoms with van der Waals surface area (Å²) in [5.74, 6) is 0.302. The van der Waals surface area contributed by atoms with E-state index in [1.807, 2.05) is 13.8 Å². The maximum atomic E-state index is 12.6. The second-order valence-electron chi connectivity index (χ2n) is 5.61. The van der Waals surface area contributed by atoms with Crippen LogP contribution in [0.15, 0.2) is 42.5 Å². The van der Waals surface area contributed by atoms with E-state index in [9.17, 15) is 9.59 Å². The fourth-order valence-corrected chi connectivity index (χ4v) is 2.42. The van der Waals surface area contributed by atoms with Gasteiger partial charge in [-0.15, -0.1) is 0 Å². The highest BCUT2D eigenvalue weighted by Gasteiger charge is 2.11. The molecule has 2 rings (SSSR count). The molecule has 2 amide bonds. The Morgan fingerprint density at radius 1 is 0.962 bits per heavy atom. The van der Waals surface area contributed by atoms with E-state index in [1.54, 1.807) is 42.5 Å². The summed E-state index contributed by atoms with van der Waals surface area (Å²) in [7, 11) is 0. The number of anilines is 2. The van der Waals surface area contributed by atoms with Crippen molar-refractivity contribution in [2.24, 2.45) is 0 Å². The van der Waals surface area contributed by atoms with E-state index >= 15 is 0 Å². The first kappa shape index (κ1) is 19.5. The van der Waals surface area contributed by atoms with Gasteiger partial charge in [-0.1, -0.05) is 6.07 Å². The predicted octanol–water partition coefficient (Wildman–Crippen LogP) is 3.83. The molecule has 0 aromatic heterocycles. The topological polar surface area (TPSA) is 76.7 Å². The molecule has 0 aliphatic heterocycles. The Morgan fingerprint density at radius 3 is 2.35 bits per heavy atom. The molecule has 26 heavy (non-hydrogen) atoms. The third-order valence-corrected chi connectivity index (χ3v) is 3.53. The lowest BCUT2D eigenvalue weighted by Crippen LogP contribution is -2.13. The summed E-state index contributed by atoms with van der Waals surface area (Å²) in [4.78, 5) is 23.7. The maximum absolute atomic E-state index is 12.6. The molecular formula is C20H24N2O4. The highest BCUT2D eigenvalue weighted by molar-refractivity contribution is 6.04. The van der Waals surface area contributed by atoms with Crippen LogP contribution in [-0.4, -0.2) is 25.0 Å². The van der Waals surface area contributed by atoms with E-state index in [1.165, 1.54) is 6.92 Å². The van der Waals surface area contributed by atoms with Gasteiger partial charge >= 0.3 is 0 Å². The van der Waals surface area contributed by atoms with Gasteiger partial charge in [-0.3, -0.25) is 9.59 Å². The van der Waals surface area contributed by atoms with E-state index in [0.717, 1.165) is 5.56 Å². The summed E-state index contributed by atoms with van der Waals surface area (Å²) < 4.78 is 11.0. The molecule has 0 saturated heterocycles. The molecule has 0 aliphatic rings. The van der Waals surface area contributed by atoms with Crippen molar-refractivity contribution >= 4 is 23.2 Å². The van der Waals surface area contributed by atoms with Crippen molar-refractivity contribution in [1.82, 2.24) is 0 Å². The fraction of sp³-hybridized carbons (Fsp3) is 0.300. The molecule has 6 heteroatoms. The van der Waals surface area contributed by atoms with Crippen molar-refractivity contribution in [2.45, 2.75) is 27.4 Å². The summed E-state index contributed by atoms with van der Waals surface area (Å²) >= 11 is 0. The first-order valence-electron chi connectivity index (χ1n) is 8.56. The van der Waals surface area contributed by atoms with Gasteiger partial charge < -0.3 is 20.1 Å². The van der Waals surface area contributed by atoms with Crippen molar-refractivity contribution in [3.8, 4) is 5.75 Å². The van der Waals surface area contributed by atoms with E-state index in [0.29, 0.717) is 42.5 Å². The Bertz CT molecular complexity index is 774. The SMILES string of the molecule is CCOCc1cc(C(=O)Nc2cccc(NC(C)=O)c2)ccc1OCC.